The van der Waals surface area contributed by atoms with Gasteiger partial charge in [0.15, 0.2) is 18.1 Å². The summed E-state index contributed by atoms with van der Waals surface area (Å²) in [6.45, 7) is 8.49. The Hall–Kier alpha value is -3.22. The van der Waals surface area contributed by atoms with Gasteiger partial charge in [-0.2, -0.15) is 0 Å². The largest absolute Gasteiger partial charge is 0.493 e. The zero-order chi connectivity index (χ0) is 21.4. The molecule has 0 unspecified atom stereocenters. The first-order chi connectivity index (χ1) is 13.7. The van der Waals surface area contributed by atoms with Gasteiger partial charge in [-0.05, 0) is 48.2 Å². The molecule has 0 spiro atoms. The molecular weight excluding hydrogens is 372 g/mol. The monoisotopic (exact) mass is 400 g/mol. The second-order valence-electron chi connectivity index (χ2n) is 7.36. The highest BCUT2D eigenvalue weighted by Gasteiger charge is 2.14. The van der Waals surface area contributed by atoms with Crippen molar-refractivity contribution in [1.29, 1.82) is 0 Å². The maximum Gasteiger partial charge on any atom is 0.276 e. The van der Waals surface area contributed by atoms with Crippen molar-refractivity contribution in [1.82, 2.24) is 10.9 Å². The van der Waals surface area contributed by atoms with Gasteiger partial charge in [0.1, 0.15) is 5.75 Å². The highest BCUT2D eigenvalue weighted by Crippen LogP contribution is 2.28. The first kappa shape index (κ1) is 22.1. The van der Waals surface area contributed by atoms with Crippen molar-refractivity contribution in [2.75, 3.05) is 20.3 Å². The van der Waals surface area contributed by atoms with Crippen LogP contribution in [-0.2, 0) is 10.2 Å². The third kappa shape index (κ3) is 6.41. The summed E-state index contributed by atoms with van der Waals surface area (Å²) in [6, 6.07) is 12.3. The molecule has 0 saturated heterocycles. The molecule has 0 aliphatic heterocycles. The number of benzene rings is 2. The van der Waals surface area contributed by atoms with Crippen molar-refractivity contribution < 1.29 is 23.8 Å². The van der Waals surface area contributed by atoms with Crippen LogP contribution in [0.2, 0.25) is 0 Å². The molecule has 0 atom stereocenters. The van der Waals surface area contributed by atoms with Crippen LogP contribution in [0.1, 0.15) is 43.6 Å². The van der Waals surface area contributed by atoms with E-state index in [1.807, 2.05) is 31.2 Å². The molecule has 0 heterocycles. The van der Waals surface area contributed by atoms with Crippen LogP contribution in [0.4, 0.5) is 0 Å². The molecule has 2 rings (SSSR count). The van der Waals surface area contributed by atoms with Gasteiger partial charge in [0.05, 0.1) is 13.7 Å². The van der Waals surface area contributed by atoms with E-state index in [0.29, 0.717) is 29.4 Å². The lowest BCUT2D eigenvalue weighted by Crippen LogP contribution is -2.43. The Morgan fingerprint density at radius 3 is 2.21 bits per heavy atom. The quantitative estimate of drug-likeness (QED) is 0.697. The Bertz CT molecular complexity index is 841. The maximum atomic E-state index is 12.2. The van der Waals surface area contributed by atoms with Gasteiger partial charge >= 0.3 is 0 Å². The average Bonchev–Trinajstić information content (AvgIpc) is 2.70. The zero-order valence-electron chi connectivity index (χ0n) is 17.5. The van der Waals surface area contributed by atoms with Gasteiger partial charge in [0, 0.05) is 5.56 Å². The molecule has 29 heavy (non-hydrogen) atoms. The Labute approximate surface area is 171 Å². The summed E-state index contributed by atoms with van der Waals surface area (Å²) in [6.07, 6.45) is 0. The molecule has 7 nitrogen and oxygen atoms in total. The number of carbonyl (C=O) groups excluding carboxylic acids is 2. The molecule has 0 fully saturated rings. The number of carbonyl (C=O) groups is 2. The number of methoxy groups -OCH3 is 1. The van der Waals surface area contributed by atoms with Crippen molar-refractivity contribution in [3.05, 3.63) is 53.6 Å². The van der Waals surface area contributed by atoms with E-state index in [1.165, 1.54) is 12.7 Å². The van der Waals surface area contributed by atoms with Crippen LogP contribution in [0.5, 0.6) is 17.2 Å². The third-order valence-corrected chi connectivity index (χ3v) is 4.13. The normalized spacial score (nSPS) is 10.8. The molecule has 2 amide bonds. The summed E-state index contributed by atoms with van der Waals surface area (Å²) in [5.74, 6) is 0.607. The van der Waals surface area contributed by atoms with Crippen molar-refractivity contribution in [3.8, 4) is 17.2 Å². The summed E-state index contributed by atoms with van der Waals surface area (Å²) in [7, 11) is 1.49. The Balaban J connectivity index is 1.85. The topological polar surface area (TPSA) is 85.9 Å². The lowest BCUT2D eigenvalue weighted by Gasteiger charge is -2.19. The Morgan fingerprint density at radius 2 is 1.62 bits per heavy atom. The fourth-order valence-electron chi connectivity index (χ4n) is 2.52. The first-order valence-corrected chi connectivity index (χ1v) is 9.38. The second-order valence-corrected chi connectivity index (χ2v) is 7.36. The number of nitrogens with one attached hydrogen (secondary N) is 2. The van der Waals surface area contributed by atoms with Gasteiger partial charge in [0.2, 0.25) is 0 Å². The molecule has 156 valence electrons. The van der Waals surface area contributed by atoms with E-state index in [1.54, 1.807) is 18.2 Å². The predicted molar refractivity (Wildman–Crippen MR) is 110 cm³/mol. The smallest absolute Gasteiger partial charge is 0.276 e. The van der Waals surface area contributed by atoms with Gasteiger partial charge in [-0.15, -0.1) is 0 Å². The van der Waals surface area contributed by atoms with E-state index in [0.717, 1.165) is 0 Å². The van der Waals surface area contributed by atoms with E-state index in [-0.39, 0.29) is 12.0 Å². The maximum absolute atomic E-state index is 12.2. The summed E-state index contributed by atoms with van der Waals surface area (Å²) >= 11 is 0. The van der Waals surface area contributed by atoms with Gasteiger partial charge < -0.3 is 14.2 Å². The van der Waals surface area contributed by atoms with Crippen LogP contribution in [-0.4, -0.2) is 32.1 Å². The van der Waals surface area contributed by atoms with E-state index >= 15 is 0 Å². The van der Waals surface area contributed by atoms with E-state index in [9.17, 15) is 9.59 Å². The predicted octanol–water partition coefficient (Wildman–Crippen LogP) is 3.23. The minimum absolute atomic E-state index is 0.0454. The lowest BCUT2D eigenvalue weighted by atomic mass is 9.87. The molecule has 0 aliphatic carbocycles. The minimum Gasteiger partial charge on any atom is -0.493 e. The van der Waals surface area contributed by atoms with E-state index < -0.39 is 11.8 Å². The Kier molecular flexibility index (Phi) is 7.47. The van der Waals surface area contributed by atoms with Gasteiger partial charge in [0.25, 0.3) is 11.8 Å². The summed E-state index contributed by atoms with van der Waals surface area (Å²) in [5.41, 5.74) is 6.22. The van der Waals surface area contributed by atoms with Crippen LogP contribution in [0.15, 0.2) is 42.5 Å². The molecule has 0 saturated carbocycles. The van der Waals surface area contributed by atoms with Crippen LogP contribution < -0.4 is 25.1 Å². The molecule has 0 aliphatic rings. The van der Waals surface area contributed by atoms with Gasteiger partial charge in [-0.1, -0.05) is 32.9 Å². The van der Waals surface area contributed by atoms with Crippen LogP contribution in [0.3, 0.4) is 0 Å². The molecule has 0 radical (unpaired) electrons. The van der Waals surface area contributed by atoms with Gasteiger partial charge in [-0.25, -0.2) is 0 Å². The molecule has 0 bridgehead atoms. The van der Waals surface area contributed by atoms with E-state index in [2.05, 4.69) is 31.6 Å². The van der Waals surface area contributed by atoms with Crippen LogP contribution in [0, 0.1) is 0 Å². The molecule has 2 N–H and O–H groups in total. The van der Waals surface area contributed by atoms with Crippen molar-refractivity contribution >= 4 is 11.8 Å². The number of hydrazine groups is 1. The molecule has 2 aromatic rings. The van der Waals surface area contributed by atoms with Crippen molar-refractivity contribution in [2.45, 2.75) is 33.1 Å². The number of hydrogen-bond acceptors (Lipinski definition) is 5. The molecule has 2 aromatic carbocycles. The first-order valence-electron chi connectivity index (χ1n) is 9.38. The SMILES string of the molecule is CCOc1ccc(C(=O)NNC(=O)COc2ccc(C(C)(C)C)cc2)cc1OC. The number of hydrogen-bond donors (Lipinski definition) is 2. The third-order valence-electron chi connectivity index (χ3n) is 4.13. The van der Waals surface area contributed by atoms with Crippen molar-refractivity contribution in [3.63, 3.8) is 0 Å². The minimum atomic E-state index is -0.478. The highest BCUT2D eigenvalue weighted by molar-refractivity contribution is 5.96. The zero-order valence-corrected chi connectivity index (χ0v) is 17.5. The molecule has 0 aromatic heterocycles. The summed E-state index contributed by atoms with van der Waals surface area (Å²) < 4.78 is 16.1. The van der Waals surface area contributed by atoms with Crippen LogP contribution in [0.25, 0.3) is 0 Å². The number of ether oxygens (including phenoxy) is 3. The number of rotatable bonds is 7. The fourth-order valence-corrected chi connectivity index (χ4v) is 2.52. The fraction of sp³-hybridized carbons (Fsp3) is 0.364. The second kappa shape index (κ2) is 9.82. The van der Waals surface area contributed by atoms with Crippen LogP contribution >= 0.6 is 0 Å². The number of amides is 2. The lowest BCUT2D eigenvalue weighted by molar-refractivity contribution is -0.123. The molecular formula is C22H28N2O5. The Morgan fingerprint density at radius 1 is 0.931 bits per heavy atom. The van der Waals surface area contributed by atoms with E-state index in [4.69, 9.17) is 14.2 Å². The average molecular weight is 400 g/mol. The standard InChI is InChI=1S/C22H28N2O5/c1-6-28-18-12-7-15(13-19(18)27-5)21(26)24-23-20(25)14-29-17-10-8-16(9-11-17)22(2,3)4/h7-13H,6,14H2,1-5H3,(H,23,25)(H,24,26). The summed E-state index contributed by atoms with van der Waals surface area (Å²) in [4.78, 5) is 24.2. The summed E-state index contributed by atoms with van der Waals surface area (Å²) in [5, 5.41) is 0. The highest BCUT2D eigenvalue weighted by atomic mass is 16.5. The van der Waals surface area contributed by atoms with Gasteiger partial charge in [-0.3, -0.25) is 20.4 Å². The molecule has 7 heteroatoms. The van der Waals surface area contributed by atoms with Crippen molar-refractivity contribution in [2.24, 2.45) is 0 Å².